The minimum atomic E-state index is -5.29. The number of hydrogen-bond donors (Lipinski definition) is 1. The first-order chi connectivity index (χ1) is 14.4. The molecule has 0 saturated carbocycles. The molecule has 9 nitrogen and oxygen atoms in total. The van der Waals surface area contributed by atoms with Gasteiger partial charge in [-0.1, -0.05) is 3.89 Å². The minimum Gasteiger partial charge on any atom is -0.357 e. The summed E-state index contributed by atoms with van der Waals surface area (Å²) in [5.74, 6) is -5.17. The summed E-state index contributed by atoms with van der Waals surface area (Å²) in [7, 11) is -5.29. The number of carbonyl (C=O) groups is 2. The van der Waals surface area contributed by atoms with Crippen LogP contribution in [0.15, 0.2) is 28.9 Å². The van der Waals surface area contributed by atoms with Crippen molar-refractivity contribution in [2.24, 2.45) is 0 Å². The molecule has 1 aromatic heterocycles. The number of rotatable bonds is 5. The summed E-state index contributed by atoms with van der Waals surface area (Å²) in [6.07, 6.45) is 0.443. The van der Waals surface area contributed by atoms with Crippen molar-refractivity contribution in [2.45, 2.75) is 18.4 Å². The largest absolute Gasteiger partial charge is 0.488 e. The molecule has 31 heavy (non-hydrogen) atoms. The van der Waals surface area contributed by atoms with E-state index in [0.29, 0.717) is 4.90 Å². The number of likely N-dealkylation sites (tertiary alicyclic amines) is 1. The van der Waals surface area contributed by atoms with Crippen LogP contribution in [0.1, 0.15) is 16.8 Å². The van der Waals surface area contributed by atoms with Gasteiger partial charge in [-0.25, -0.2) is 8.78 Å². The Morgan fingerprint density at radius 2 is 2.13 bits per heavy atom. The lowest BCUT2D eigenvalue weighted by molar-refractivity contribution is -0.131. The molecule has 1 N–H and O–H groups in total. The SMILES string of the molecule is N#CC1CC(F)(F)CN1C(=O)CNC(=O)c1ccnc2cc(OS(=O)(=O)F)c(Br)cc12. The predicted molar refractivity (Wildman–Crippen MR) is 103 cm³/mol. The van der Waals surface area contributed by atoms with E-state index in [1.165, 1.54) is 18.3 Å². The zero-order valence-corrected chi connectivity index (χ0v) is 17.7. The molecule has 2 heterocycles. The number of hydrogen-bond acceptors (Lipinski definition) is 7. The third kappa shape index (κ3) is 5.23. The summed E-state index contributed by atoms with van der Waals surface area (Å²) in [5, 5.41) is 11.5. The Bertz CT molecular complexity index is 1220. The minimum absolute atomic E-state index is 0.00973. The van der Waals surface area contributed by atoms with Crippen molar-refractivity contribution >= 4 is 49.2 Å². The van der Waals surface area contributed by atoms with Crippen LogP contribution in [-0.4, -0.2) is 55.2 Å². The Kier molecular flexibility index (Phi) is 6.10. The maximum absolute atomic E-state index is 13.5. The zero-order valence-electron chi connectivity index (χ0n) is 15.3. The van der Waals surface area contributed by atoms with Gasteiger partial charge in [0.25, 0.3) is 11.8 Å². The Hall–Kier alpha value is -2.92. The van der Waals surface area contributed by atoms with Crippen molar-refractivity contribution in [1.29, 1.82) is 5.26 Å². The number of carbonyl (C=O) groups excluding carboxylic acids is 2. The van der Waals surface area contributed by atoms with Gasteiger partial charge < -0.3 is 14.4 Å². The van der Waals surface area contributed by atoms with E-state index in [4.69, 9.17) is 5.26 Å². The van der Waals surface area contributed by atoms with Crippen molar-refractivity contribution < 1.29 is 34.9 Å². The molecule has 0 spiro atoms. The van der Waals surface area contributed by atoms with E-state index in [0.717, 1.165) is 6.07 Å². The van der Waals surface area contributed by atoms with E-state index in [9.17, 15) is 30.7 Å². The molecular weight excluding hydrogens is 509 g/mol. The van der Waals surface area contributed by atoms with Crippen LogP contribution < -0.4 is 9.50 Å². The highest BCUT2D eigenvalue weighted by Gasteiger charge is 2.47. The molecule has 1 aliphatic heterocycles. The highest BCUT2D eigenvalue weighted by molar-refractivity contribution is 9.10. The molecule has 0 aliphatic carbocycles. The monoisotopic (exact) mass is 520 g/mol. The van der Waals surface area contributed by atoms with Gasteiger partial charge in [0.15, 0.2) is 5.75 Å². The molecular formula is C17H12BrF3N4O5S. The van der Waals surface area contributed by atoms with Gasteiger partial charge in [0, 0.05) is 24.1 Å². The second kappa shape index (κ2) is 8.31. The summed E-state index contributed by atoms with van der Waals surface area (Å²) in [6, 6.07) is 4.01. The van der Waals surface area contributed by atoms with Crippen LogP contribution in [0.4, 0.5) is 12.7 Å². The van der Waals surface area contributed by atoms with Crippen molar-refractivity contribution in [3.63, 3.8) is 0 Å². The molecule has 0 radical (unpaired) electrons. The zero-order chi connectivity index (χ0) is 23.0. The first kappa shape index (κ1) is 22.8. The standard InChI is InChI=1S/C17H12BrF3N4O5S/c18-12-3-11-10(1-2-23-13(11)4-14(12)30-31(21,28)29)16(27)24-7-15(26)25-8-17(19,20)5-9(25)6-22/h1-4,9H,5,7-8H2,(H,24,27). The van der Waals surface area contributed by atoms with Crippen LogP contribution in [0.5, 0.6) is 5.75 Å². The van der Waals surface area contributed by atoms with Crippen molar-refractivity contribution in [3.05, 3.63) is 34.4 Å². The highest BCUT2D eigenvalue weighted by Crippen LogP contribution is 2.33. The van der Waals surface area contributed by atoms with Crippen LogP contribution in [0.3, 0.4) is 0 Å². The van der Waals surface area contributed by atoms with Gasteiger partial charge >= 0.3 is 10.5 Å². The van der Waals surface area contributed by atoms with Crippen molar-refractivity contribution in [2.75, 3.05) is 13.1 Å². The Balaban J connectivity index is 1.79. The number of alkyl halides is 2. The number of amides is 2. The van der Waals surface area contributed by atoms with Crippen molar-refractivity contribution in [3.8, 4) is 11.8 Å². The third-order valence-corrected chi connectivity index (χ3v) is 5.37. The molecule has 1 aliphatic rings. The predicted octanol–water partition coefficient (Wildman–Crippen LogP) is 2.08. The van der Waals surface area contributed by atoms with E-state index in [-0.39, 0.29) is 20.9 Å². The van der Waals surface area contributed by atoms with Gasteiger partial charge in [-0.15, -0.1) is 0 Å². The van der Waals surface area contributed by atoms with E-state index < -0.39 is 59.5 Å². The second-order valence-corrected chi connectivity index (χ2v) is 8.35. The van der Waals surface area contributed by atoms with Crippen LogP contribution in [0.2, 0.25) is 0 Å². The van der Waals surface area contributed by atoms with E-state index in [1.54, 1.807) is 6.07 Å². The second-order valence-electron chi connectivity index (χ2n) is 6.54. The topological polar surface area (TPSA) is 129 Å². The lowest BCUT2D eigenvalue weighted by atomic mass is 10.1. The molecule has 1 fully saturated rings. The summed E-state index contributed by atoms with van der Waals surface area (Å²) >= 11 is 3.01. The summed E-state index contributed by atoms with van der Waals surface area (Å²) in [5.41, 5.74) is 0.112. The number of benzene rings is 1. The molecule has 14 heteroatoms. The molecule has 2 aromatic rings. The molecule has 1 unspecified atom stereocenters. The molecule has 3 rings (SSSR count). The van der Waals surface area contributed by atoms with Crippen LogP contribution in [0.25, 0.3) is 10.9 Å². The van der Waals surface area contributed by atoms with Crippen LogP contribution >= 0.6 is 15.9 Å². The number of aromatic nitrogens is 1. The van der Waals surface area contributed by atoms with Gasteiger partial charge in [-0.3, -0.25) is 14.6 Å². The summed E-state index contributed by atoms with van der Waals surface area (Å²) < 4.78 is 65.4. The van der Waals surface area contributed by atoms with E-state index in [1.807, 2.05) is 0 Å². The molecule has 0 bridgehead atoms. The maximum atomic E-state index is 13.5. The van der Waals surface area contributed by atoms with E-state index in [2.05, 4.69) is 30.4 Å². The lowest BCUT2D eigenvalue weighted by Crippen LogP contribution is -2.43. The highest BCUT2D eigenvalue weighted by atomic mass is 79.9. The first-order valence-corrected chi connectivity index (χ1v) is 10.6. The number of nitrogens with one attached hydrogen (secondary N) is 1. The molecule has 164 valence electrons. The van der Waals surface area contributed by atoms with Crippen LogP contribution in [-0.2, 0) is 15.3 Å². The number of pyridine rings is 1. The van der Waals surface area contributed by atoms with Gasteiger partial charge in [0.1, 0.15) is 6.04 Å². The number of fused-ring (bicyclic) bond motifs is 1. The van der Waals surface area contributed by atoms with Gasteiger partial charge in [-0.05, 0) is 28.1 Å². The van der Waals surface area contributed by atoms with Gasteiger partial charge in [-0.2, -0.15) is 13.7 Å². The van der Waals surface area contributed by atoms with Gasteiger partial charge in [0.2, 0.25) is 5.91 Å². The Morgan fingerprint density at radius 1 is 1.42 bits per heavy atom. The van der Waals surface area contributed by atoms with Crippen LogP contribution in [0, 0.1) is 11.3 Å². The molecule has 1 aromatic carbocycles. The van der Waals surface area contributed by atoms with E-state index >= 15 is 0 Å². The quantitative estimate of drug-likeness (QED) is 0.597. The fourth-order valence-electron chi connectivity index (χ4n) is 3.06. The normalized spacial score (nSPS) is 17.9. The lowest BCUT2D eigenvalue weighted by Gasteiger charge is -2.19. The average Bonchev–Trinajstić information content (AvgIpc) is 2.99. The number of nitrogens with zero attached hydrogens (tertiary/aromatic N) is 3. The fourth-order valence-corrected chi connectivity index (χ4v) is 3.95. The number of nitriles is 1. The van der Waals surface area contributed by atoms with Gasteiger partial charge in [0.05, 0.1) is 34.7 Å². The summed E-state index contributed by atoms with van der Waals surface area (Å²) in [6.45, 7) is -1.54. The Morgan fingerprint density at radius 3 is 2.77 bits per heavy atom. The maximum Gasteiger partial charge on any atom is 0.488 e. The average molecular weight is 521 g/mol. The summed E-state index contributed by atoms with van der Waals surface area (Å²) in [4.78, 5) is 29.5. The first-order valence-electron chi connectivity index (χ1n) is 8.47. The Labute approximate surface area is 182 Å². The molecule has 1 atom stereocenters. The van der Waals surface area contributed by atoms with Crippen molar-refractivity contribution in [1.82, 2.24) is 15.2 Å². The smallest absolute Gasteiger partial charge is 0.357 e. The molecule has 1 saturated heterocycles. The number of halogens is 4. The third-order valence-electron chi connectivity index (χ3n) is 4.37. The fraction of sp³-hybridized carbons (Fsp3) is 0.294. The molecule has 2 amide bonds.